The molecule has 0 aliphatic carbocycles. The lowest BCUT2D eigenvalue weighted by Crippen LogP contribution is -2.46. The molecule has 0 amide bonds. The van der Waals surface area contributed by atoms with Gasteiger partial charge in [-0.2, -0.15) is 5.26 Å². The number of nitriles is 1. The summed E-state index contributed by atoms with van der Waals surface area (Å²) in [6.07, 6.45) is 0. The smallest absolute Gasteiger partial charge is 0.161 e. The van der Waals surface area contributed by atoms with E-state index in [9.17, 15) is 9.65 Å². The van der Waals surface area contributed by atoms with Crippen molar-refractivity contribution in [2.45, 2.75) is 12.3 Å². The Hall–Kier alpha value is -2.19. The Morgan fingerprint density at radius 3 is 2.84 bits per heavy atom. The second-order valence-electron chi connectivity index (χ2n) is 4.76. The number of aryl methyl sites for hydroxylation is 1. The molecule has 96 valence electrons. The van der Waals surface area contributed by atoms with Gasteiger partial charge in [0.15, 0.2) is 5.41 Å². The highest BCUT2D eigenvalue weighted by Crippen LogP contribution is 2.32. The molecule has 19 heavy (non-hydrogen) atoms. The van der Waals surface area contributed by atoms with E-state index in [-0.39, 0.29) is 5.82 Å². The van der Waals surface area contributed by atoms with E-state index >= 15 is 0 Å². The molecule has 2 aromatic rings. The van der Waals surface area contributed by atoms with E-state index in [4.69, 9.17) is 4.74 Å². The van der Waals surface area contributed by atoms with E-state index in [1.165, 1.54) is 12.1 Å². The van der Waals surface area contributed by atoms with Crippen molar-refractivity contribution in [3.05, 3.63) is 41.6 Å². The number of ether oxygens (including phenoxy) is 1. The number of nitrogens with one attached hydrogen (secondary N) is 1. The van der Waals surface area contributed by atoms with Gasteiger partial charge >= 0.3 is 0 Å². The van der Waals surface area contributed by atoms with Crippen LogP contribution in [-0.2, 0) is 10.2 Å². The van der Waals surface area contributed by atoms with Crippen molar-refractivity contribution >= 4 is 0 Å². The van der Waals surface area contributed by atoms with Gasteiger partial charge in [0.05, 0.1) is 25.0 Å². The first kappa shape index (κ1) is 11.9. The van der Waals surface area contributed by atoms with Crippen molar-refractivity contribution in [2.24, 2.45) is 0 Å². The summed E-state index contributed by atoms with van der Waals surface area (Å²) in [7, 11) is 0. The number of rotatable bonds is 2. The van der Waals surface area contributed by atoms with Crippen LogP contribution in [0.5, 0.6) is 0 Å². The molecule has 0 unspecified atom stereocenters. The highest BCUT2D eigenvalue weighted by atomic mass is 19.1. The Labute approximate surface area is 109 Å². The maximum atomic E-state index is 13.3. The van der Waals surface area contributed by atoms with E-state index in [0.717, 1.165) is 5.69 Å². The molecule has 1 N–H and O–H groups in total. The van der Waals surface area contributed by atoms with Crippen molar-refractivity contribution in [1.82, 2.24) is 9.97 Å². The van der Waals surface area contributed by atoms with Gasteiger partial charge in [-0.05, 0) is 19.1 Å². The summed E-state index contributed by atoms with van der Waals surface area (Å²) in [5, 5.41) is 9.25. The first-order chi connectivity index (χ1) is 9.14. The summed E-state index contributed by atoms with van der Waals surface area (Å²) in [6, 6.07) is 8.51. The number of H-pyrrole nitrogens is 1. The predicted octanol–water partition coefficient (Wildman–Crippen LogP) is 2.32. The molecular weight excluding hydrogens is 245 g/mol. The van der Waals surface area contributed by atoms with Crippen molar-refractivity contribution in [2.75, 3.05) is 13.2 Å². The number of hydrogen-bond donors (Lipinski definition) is 1. The maximum absolute atomic E-state index is 13.3. The average Bonchev–Trinajstić information content (AvgIpc) is 2.71. The van der Waals surface area contributed by atoms with Gasteiger partial charge in [0.25, 0.3) is 0 Å². The normalized spacial score (nSPS) is 16.7. The fourth-order valence-electron chi connectivity index (χ4n) is 2.16. The number of hydrogen-bond acceptors (Lipinski definition) is 3. The van der Waals surface area contributed by atoms with Crippen LogP contribution in [0.15, 0.2) is 24.3 Å². The van der Waals surface area contributed by atoms with Gasteiger partial charge in [-0.15, -0.1) is 0 Å². The fourth-order valence-corrected chi connectivity index (χ4v) is 2.16. The van der Waals surface area contributed by atoms with Crippen LogP contribution in [0.2, 0.25) is 0 Å². The lowest BCUT2D eigenvalue weighted by atomic mass is 9.87. The first-order valence-corrected chi connectivity index (χ1v) is 5.97. The predicted molar refractivity (Wildman–Crippen MR) is 66.8 cm³/mol. The molecule has 1 aliphatic rings. The molecule has 1 aromatic carbocycles. The zero-order valence-corrected chi connectivity index (χ0v) is 10.4. The Morgan fingerprint density at radius 1 is 1.47 bits per heavy atom. The van der Waals surface area contributed by atoms with Crippen LogP contribution in [0, 0.1) is 24.1 Å². The SMILES string of the molecule is Cc1[nH]c(C2(C#N)COC2)nc1-c1cccc(F)c1. The molecule has 4 nitrogen and oxygen atoms in total. The molecule has 2 heterocycles. The van der Waals surface area contributed by atoms with Gasteiger partial charge < -0.3 is 9.72 Å². The number of aromatic nitrogens is 2. The van der Waals surface area contributed by atoms with E-state index in [1.807, 2.05) is 6.92 Å². The molecule has 5 heteroatoms. The van der Waals surface area contributed by atoms with Crippen molar-refractivity contribution in [3.8, 4) is 17.3 Å². The molecule has 0 atom stereocenters. The Balaban J connectivity index is 2.05. The van der Waals surface area contributed by atoms with Crippen LogP contribution >= 0.6 is 0 Å². The molecule has 1 saturated heterocycles. The van der Waals surface area contributed by atoms with Gasteiger partial charge in [-0.25, -0.2) is 9.37 Å². The molecule has 0 radical (unpaired) electrons. The monoisotopic (exact) mass is 257 g/mol. The third kappa shape index (κ3) is 1.81. The minimum absolute atomic E-state index is 0.302. The standard InChI is InChI=1S/C14H12FN3O/c1-9-12(10-3-2-4-11(15)5-10)18-13(17-9)14(6-16)7-19-8-14/h2-5H,7-8H2,1H3,(H,17,18). The second-order valence-corrected chi connectivity index (χ2v) is 4.76. The van der Waals surface area contributed by atoms with Crippen LogP contribution in [-0.4, -0.2) is 23.2 Å². The van der Waals surface area contributed by atoms with Crippen molar-refractivity contribution in [3.63, 3.8) is 0 Å². The van der Waals surface area contributed by atoms with E-state index in [0.29, 0.717) is 30.3 Å². The Kier molecular flexibility index (Phi) is 2.61. The van der Waals surface area contributed by atoms with Crippen LogP contribution < -0.4 is 0 Å². The minimum atomic E-state index is -0.684. The van der Waals surface area contributed by atoms with Gasteiger partial charge in [-0.1, -0.05) is 12.1 Å². The number of imidazole rings is 1. The van der Waals surface area contributed by atoms with Gasteiger partial charge in [0, 0.05) is 11.3 Å². The average molecular weight is 257 g/mol. The molecule has 1 aliphatic heterocycles. The molecule has 1 aromatic heterocycles. The fraction of sp³-hybridized carbons (Fsp3) is 0.286. The highest BCUT2D eigenvalue weighted by molar-refractivity contribution is 5.62. The van der Waals surface area contributed by atoms with Crippen LogP contribution in [0.25, 0.3) is 11.3 Å². The zero-order valence-electron chi connectivity index (χ0n) is 10.4. The number of nitrogens with zero attached hydrogens (tertiary/aromatic N) is 2. The second kappa shape index (κ2) is 4.18. The molecule has 0 saturated carbocycles. The summed E-state index contributed by atoms with van der Waals surface area (Å²) < 4.78 is 18.4. The summed E-state index contributed by atoms with van der Waals surface area (Å²) in [5.41, 5.74) is 1.52. The summed E-state index contributed by atoms with van der Waals surface area (Å²) >= 11 is 0. The largest absolute Gasteiger partial charge is 0.377 e. The lowest BCUT2D eigenvalue weighted by Gasteiger charge is -2.32. The molecule has 1 fully saturated rings. The van der Waals surface area contributed by atoms with Crippen LogP contribution in [0.3, 0.4) is 0 Å². The maximum Gasteiger partial charge on any atom is 0.161 e. The highest BCUT2D eigenvalue weighted by Gasteiger charge is 2.44. The summed E-state index contributed by atoms with van der Waals surface area (Å²) in [4.78, 5) is 7.58. The van der Waals surface area contributed by atoms with Crippen LogP contribution in [0.4, 0.5) is 4.39 Å². The topological polar surface area (TPSA) is 61.7 Å². The molecular formula is C14H12FN3O. The minimum Gasteiger partial charge on any atom is -0.377 e. The molecule has 0 spiro atoms. The molecule has 3 rings (SSSR count). The lowest BCUT2D eigenvalue weighted by molar-refractivity contribution is -0.0335. The Morgan fingerprint density at radius 2 is 2.26 bits per heavy atom. The van der Waals surface area contributed by atoms with Crippen molar-refractivity contribution in [1.29, 1.82) is 5.26 Å². The van der Waals surface area contributed by atoms with Crippen molar-refractivity contribution < 1.29 is 9.13 Å². The summed E-state index contributed by atoms with van der Waals surface area (Å²) in [5.74, 6) is 0.293. The van der Waals surface area contributed by atoms with E-state index in [1.54, 1.807) is 12.1 Å². The third-order valence-corrected chi connectivity index (χ3v) is 3.35. The third-order valence-electron chi connectivity index (χ3n) is 3.35. The quantitative estimate of drug-likeness (QED) is 0.898. The zero-order chi connectivity index (χ0) is 13.5. The van der Waals surface area contributed by atoms with Gasteiger partial charge in [0.1, 0.15) is 11.6 Å². The number of halogens is 1. The van der Waals surface area contributed by atoms with E-state index in [2.05, 4.69) is 16.0 Å². The van der Waals surface area contributed by atoms with Gasteiger partial charge in [0.2, 0.25) is 0 Å². The Bertz CT molecular complexity index is 668. The van der Waals surface area contributed by atoms with Crippen LogP contribution in [0.1, 0.15) is 11.5 Å². The van der Waals surface area contributed by atoms with Gasteiger partial charge in [-0.3, -0.25) is 0 Å². The van der Waals surface area contributed by atoms with E-state index < -0.39 is 5.41 Å². The molecule has 0 bridgehead atoms. The summed E-state index contributed by atoms with van der Waals surface area (Å²) in [6.45, 7) is 2.55. The first-order valence-electron chi connectivity index (χ1n) is 5.97. The number of aromatic amines is 1. The number of benzene rings is 1.